The maximum absolute atomic E-state index is 13.7. The van der Waals surface area contributed by atoms with Crippen LogP contribution in [0.3, 0.4) is 0 Å². The Labute approximate surface area is 154 Å². The monoisotopic (exact) mass is 348 g/mol. The van der Waals surface area contributed by atoms with Gasteiger partial charge in [-0.1, -0.05) is 30.3 Å². The molecule has 0 bridgehead atoms. The minimum Gasteiger partial charge on any atom is -0.350 e. The lowest BCUT2D eigenvalue weighted by atomic mass is 9.97. The zero-order valence-electron chi connectivity index (χ0n) is 15.5. The summed E-state index contributed by atoms with van der Waals surface area (Å²) < 4.78 is 16.1. The molecular weight excluding hydrogens is 323 g/mol. The Kier molecular flexibility index (Phi) is 4.64. The zero-order chi connectivity index (χ0) is 18.1. The number of benzene rings is 2. The molecule has 0 spiro atoms. The second-order valence-corrected chi connectivity index (χ2v) is 7.33. The molecule has 2 aromatic carbocycles. The molecule has 0 radical (unpaired) electrons. The molecule has 0 saturated carbocycles. The smallest absolute Gasteiger partial charge is 0.123 e. The van der Waals surface area contributed by atoms with Crippen molar-refractivity contribution in [2.75, 3.05) is 6.54 Å². The minimum atomic E-state index is -0.163. The summed E-state index contributed by atoms with van der Waals surface area (Å²) in [4.78, 5) is 2.48. The van der Waals surface area contributed by atoms with Gasteiger partial charge in [0.15, 0.2) is 0 Å². The van der Waals surface area contributed by atoms with Gasteiger partial charge in [0, 0.05) is 31.5 Å². The summed E-state index contributed by atoms with van der Waals surface area (Å²) in [7, 11) is 0. The van der Waals surface area contributed by atoms with Gasteiger partial charge in [0.1, 0.15) is 5.82 Å². The van der Waals surface area contributed by atoms with E-state index >= 15 is 0 Å². The maximum atomic E-state index is 13.7. The van der Waals surface area contributed by atoms with Gasteiger partial charge in [-0.15, -0.1) is 0 Å². The van der Waals surface area contributed by atoms with Gasteiger partial charge in [-0.2, -0.15) is 0 Å². The van der Waals surface area contributed by atoms with Crippen molar-refractivity contribution in [1.82, 2.24) is 9.47 Å². The number of nitrogens with zero attached hydrogens (tertiary/aromatic N) is 2. The number of fused-ring (bicyclic) bond motifs is 1. The third kappa shape index (κ3) is 3.32. The van der Waals surface area contributed by atoms with Crippen LogP contribution in [0.15, 0.2) is 60.8 Å². The third-order valence-electron chi connectivity index (χ3n) is 5.48. The molecule has 1 aliphatic heterocycles. The van der Waals surface area contributed by atoms with Crippen molar-refractivity contribution < 1.29 is 4.39 Å². The van der Waals surface area contributed by atoms with Crippen molar-refractivity contribution in [3.63, 3.8) is 0 Å². The third-order valence-corrected chi connectivity index (χ3v) is 5.48. The second kappa shape index (κ2) is 7.08. The molecule has 0 amide bonds. The average Bonchev–Trinajstić information content (AvgIpc) is 3.00. The fourth-order valence-electron chi connectivity index (χ4n) is 4.00. The van der Waals surface area contributed by atoms with Gasteiger partial charge >= 0.3 is 0 Å². The van der Waals surface area contributed by atoms with Gasteiger partial charge in [-0.05, 0) is 66.8 Å². The van der Waals surface area contributed by atoms with Gasteiger partial charge in [0.25, 0.3) is 0 Å². The number of halogens is 1. The van der Waals surface area contributed by atoms with E-state index in [9.17, 15) is 4.39 Å². The summed E-state index contributed by atoms with van der Waals surface area (Å²) in [5.41, 5.74) is 6.29. The normalized spacial score (nSPS) is 17.7. The van der Waals surface area contributed by atoms with E-state index in [1.54, 1.807) is 12.1 Å². The van der Waals surface area contributed by atoms with E-state index in [0.29, 0.717) is 0 Å². The molecule has 0 aliphatic carbocycles. The molecule has 26 heavy (non-hydrogen) atoms. The van der Waals surface area contributed by atoms with E-state index in [-0.39, 0.29) is 11.9 Å². The highest BCUT2D eigenvalue weighted by Gasteiger charge is 2.27. The lowest BCUT2D eigenvalue weighted by Crippen LogP contribution is -2.29. The van der Waals surface area contributed by atoms with Crippen LogP contribution in [0.4, 0.5) is 4.39 Å². The molecule has 1 aliphatic rings. The quantitative estimate of drug-likeness (QED) is 0.628. The number of hydrogen-bond donors (Lipinski definition) is 0. The van der Waals surface area contributed by atoms with Crippen molar-refractivity contribution in [2.45, 2.75) is 39.4 Å². The number of aryl methyl sites for hydroxylation is 3. The average molecular weight is 348 g/mol. The highest BCUT2D eigenvalue weighted by atomic mass is 19.1. The molecule has 2 nitrogen and oxygen atoms in total. The highest BCUT2D eigenvalue weighted by Crippen LogP contribution is 2.33. The first-order valence-corrected chi connectivity index (χ1v) is 9.32. The molecule has 0 saturated heterocycles. The van der Waals surface area contributed by atoms with Crippen molar-refractivity contribution in [1.29, 1.82) is 0 Å². The second-order valence-electron chi connectivity index (χ2n) is 7.33. The molecule has 134 valence electrons. The van der Waals surface area contributed by atoms with Crippen LogP contribution in [-0.4, -0.2) is 16.0 Å². The summed E-state index contributed by atoms with van der Waals surface area (Å²) in [6, 6.07) is 18.3. The van der Waals surface area contributed by atoms with Crippen molar-refractivity contribution in [3.05, 3.63) is 94.6 Å². The molecule has 1 atom stereocenters. The summed E-state index contributed by atoms with van der Waals surface area (Å²) in [5, 5.41) is 0. The Morgan fingerprint density at radius 2 is 1.85 bits per heavy atom. The van der Waals surface area contributed by atoms with Crippen LogP contribution in [0.2, 0.25) is 0 Å². The lowest BCUT2D eigenvalue weighted by Gasteiger charge is -2.31. The zero-order valence-corrected chi connectivity index (χ0v) is 15.5. The Morgan fingerprint density at radius 3 is 2.65 bits per heavy atom. The molecule has 3 heteroatoms. The first kappa shape index (κ1) is 17.0. The van der Waals surface area contributed by atoms with Gasteiger partial charge < -0.3 is 4.57 Å². The summed E-state index contributed by atoms with van der Waals surface area (Å²) in [6.45, 7) is 7.10. The van der Waals surface area contributed by atoms with E-state index in [4.69, 9.17) is 0 Å². The fourth-order valence-corrected chi connectivity index (χ4v) is 4.00. The van der Waals surface area contributed by atoms with E-state index in [1.165, 1.54) is 28.5 Å². The van der Waals surface area contributed by atoms with E-state index in [0.717, 1.165) is 31.6 Å². The van der Waals surface area contributed by atoms with E-state index < -0.39 is 0 Å². The Balaban J connectivity index is 1.76. The van der Waals surface area contributed by atoms with Crippen LogP contribution in [-0.2, 0) is 13.1 Å². The van der Waals surface area contributed by atoms with Crippen molar-refractivity contribution in [3.8, 4) is 0 Å². The van der Waals surface area contributed by atoms with Crippen LogP contribution in [0.1, 0.15) is 40.4 Å². The van der Waals surface area contributed by atoms with Crippen LogP contribution in [0.25, 0.3) is 0 Å². The fraction of sp³-hybridized carbons (Fsp3) is 0.304. The molecule has 1 unspecified atom stereocenters. The number of hydrogen-bond acceptors (Lipinski definition) is 1. The number of rotatable bonds is 3. The lowest BCUT2D eigenvalue weighted by molar-refractivity contribution is 0.220. The first-order chi connectivity index (χ1) is 12.6. The van der Waals surface area contributed by atoms with Crippen molar-refractivity contribution >= 4 is 0 Å². The van der Waals surface area contributed by atoms with Crippen molar-refractivity contribution in [2.24, 2.45) is 0 Å². The van der Waals surface area contributed by atoms with Crippen LogP contribution in [0, 0.1) is 19.7 Å². The predicted octanol–water partition coefficient (Wildman–Crippen LogP) is 5.24. The molecular formula is C23H25FN2. The summed E-state index contributed by atoms with van der Waals surface area (Å²) >= 11 is 0. The topological polar surface area (TPSA) is 8.17 Å². The Morgan fingerprint density at radius 1 is 0.962 bits per heavy atom. The van der Waals surface area contributed by atoms with Gasteiger partial charge in [-0.3, -0.25) is 4.90 Å². The Hall–Kier alpha value is -2.39. The highest BCUT2D eigenvalue weighted by molar-refractivity contribution is 5.36. The van der Waals surface area contributed by atoms with Crippen LogP contribution >= 0.6 is 0 Å². The van der Waals surface area contributed by atoms with E-state index in [2.05, 4.69) is 59.8 Å². The molecule has 0 N–H and O–H groups in total. The minimum absolute atomic E-state index is 0.163. The van der Waals surface area contributed by atoms with Crippen LogP contribution in [0.5, 0.6) is 0 Å². The molecule has 0 fully saturated rings. The summed E-state index contributed by atoms with van der Waals surface area (Å²) in [5.74, 6) is -0.163. The maximum Gasteiger partial charge on any atom is 0.123 e. The van der Waals surface area contributed by atoms with E-state index in [1.807, 2.05) is 6.07 Å². The van der Waals surface area contributed by atoms with Gasteiger partial charge in [0.05, 0.1) is 6.04 Å². The van der Waals surface area contributed by atoms with Gasteiger partial charge in [0.2, 0.25) is 0 Å². The molecule has 3 aromatic rings. The van der Waals surface area contributed by atoms with Gasteiger partial charge in [-0.25, -0.2) is 4.39 Å². The molecule has 4 rings (SSSR count). The first-order valence-electron chi connectivity index (χ1n) is 9.32. The predicted molar refractivity (Wildman–Crippen MR) is 104 cm³/mol. The largest absolute Gasteiger partial charge is 0.350 e. The standard InChI is InChI=1S/C23H25FN2/c1-17-9-10-20(14-18(17)2)23-22-8-4-11-25(22)12-5-13-26(23)16-19-6-3-7-21(24)15-19/h3-4,6-11,14-15,23H,5,12-13,16H2,1-2H3. The SMILES string of the molecule is Cc1ccc(C2c3cccn3CCCN2Cc2cccc(F)c2)cc1C. The van der Waals surface area contributed by atoms with Crippen LogP contribution < -0.4 is 0 Å². The Bertz CT molecular complexity index is 912. The molecule has 2 heterocycles. The number of aromatic nitrogens is 1. The molecule has 1 aromatic heterocycles. The summed E-state index contributed by atoms with van der Waals surface area (Å²) in [6.07, 6.45) is 3.27.